The molecule has 1 unspecified atom stereocenters. The first kappa shape index (κ1) is 14.7. The topological polar surface area (TPSA) is 46.9 Å². The van der Waals surface area contributed by atoms with E-state index < -0.39 is 0 Å². The van der Waals surface area contributed by atoms with Crippen LogP contribution in [0.4, 0.5) is 0 Å². The molecule has 20 heavy (non-hydrogen) atoms. The Morgan fingerprint density at radius 1 is 1.40 bits per heavy atom. The number of nitrogens with one attached hydrogen (secondary N) is 1. The number of carbonyl (C=O) groups excluding carboxylic acids is 1. The van der Waals surface area contributed by atoms with Gasteiger partial charge in [-0.15, -0.1) is 0 Å². The maximum absolute atomic E-state index is 12.1. The zero-order chi connectivity index (χ0) is 14.4. The molecule has 1 N–H and O–H groups in total. The van der Waals surface area contributed by atoms with Crippen LogP contribution in [0.2, 0.25) is 0 Å². The number of aryl methyl sites for hydroxylation is 1. The molecule has 0 radical (unpaired) electrons. The molecule has 1 atom stereocenters. The summed E-state index contributed by atoms with van der Waals surface area (Å²) >= 11 is 1.51. The minimum absolute atomic E-state index is 0.0320. The molecule has 1 aromatic carbocycles. The summed E-state index contributed by atoms with van der Waals surface area (Å²) in [7, 11) is 1.67. The monoisotopic (exact) mass is 289 g/mol. The normalized spacial score (nSPS) is 12.1. The van der Waals surface area contributed by atoms with E-state index in [4.69, 9.17) is 0 Å². The smallest absolute Gasteiger partial charge is 0.233 e. The number of amides is 1. The van der Waals surface area contributed by atoms with E-state index in [1.54, 1.807) is 13.2 Å². The molecule has 0 fully saturated rings. The largest absolute Gasteiger partial charge is 0.358 e. The van der Waals surface area contributed by atoms with Crippen molar-refractivity contribution in [2.45, 2.75) is 30.3 Å². The van der Waals surface area contributed by atoms with Crippen LogP contribution in [0.15, 0.2) is 47.9 Å². The van der Waals surface area contributed by atoms with Gasteiger partial charge in [0, 0.05) is 26.0 Å². The summed E-state index contributed by atoms with van der Waals surface area (Å²) in [4.78, 5) is 16.4. The van der Waals surface area contributed by atoms with Gasteiger partial charge >= 0.3 is 0 Å². The zero-order valence-electron chi connectivity index (χ0n) is 11.7. The van der Waals surface area contributed by atoms with Crippen LogP contribution in [0.3, 0.4) is 0 Å². The fourth-order valence-corrected chi connectivity index (χ4v) is 3.16. The van der Waals surface area contributed by atoms with Gasteiger partial charge in [-0.2, -0.15) is 0 Å². The van der Waals surface area contributed by atoms with E-state index in [0.717, 1.165) is 17.3 Å². The molecule has 2 aromatic rings. The predicted octanol–water partition coefficient (Wildman–Crippen LogP) is 2.35. The maximum atomic E-state index is 12.1. The van der Waals surface area contributed by atoms with E-state index in [1.165, 1.54) is 11.8 Å². The highest BCUT2D eigenvalue weighted by molar-refractivity contribution is 8.00. The third-order valence-electron chi connectivity index (χ3n) is 3.07. The summed E-state index contributed by atoms with van der Waals surface area (Å²) in [5.41, 5.74) is 1.16. The second-order valence-electron chi connectivity index (χ2n) is 4.41. The molecule has 1 aromatic heterocycles. The lowest BCUT2D eigenvalue weighted by Crippen LogP contribution is -2.31. The third-order valence-corrected chi connectivity index (χ3v) is 4.28. The quantitative estimate of drug-likeness (QED) is 0.830. The minimum Gasteiger partial charge on any atom is -0.358 e. The summed E-state index contributed by atoms with van der Waals surface area (Å²) < 4.78 is 2.05. The fourth-order valence-electron chi connectivity index (χ4n) is 1.96. The van der Waals surface area contributed by atoms with Crippen LogP contribution in [0, 0.1) is 0 Å². The fraction of sp³-hybridized carbons (Fsp3) is 0.333. The molecule has 1 heterocycles. The van der Waals surface area contributed by atoms with E-state index in [0.29, 0.717) is 6.42 Å². The first-order valence-electron chi connectivity index (χ1n) is 6.68. The lowest BCUT2D eigenvalue weighted by Gasteiger charge is -2.15. The number of benzene rings is 1. The van der Waals surface area contributed by atoms with Crippen molar-refractivity contribution in [3.63, 3.8) is 0 Å². The minimum atomic E-state index is -0.171. The Balaban J connectivity index is 2.14. The number of thioether (sulfide) groups is 1. The number of hydrogen-bond acceptors (Lipinski definition) is 3. The average Bonchev–Trinajstić information content (AvgIpc) is 2.94. The van der Waals surface area contributed by atoms with Crippen LogP contribution >= 0.6 is 11.8 Å². The Bertz CT molecular complexity index is 553. The molecule has 0 aliphatic heterocycles. The Kier molecular flexibility index (Phi) is 5.24. The van der Waals surface area contributed by atoms with E-state index in [-0.39, 0.29) is 11.2 Å². The van der Waals surface area contributed by atoms with Crippen molar-refractivity contribution in [2.24, 2.45) is 0 Å². The molecule has 0 bridgehead atoms. The summed E-state index contributed by atoms with van der Waals surface area (Å²) in [5, 5.41) is 3.45. The molecule has 4 nitrogen and oxygen atoms in total. The zero-order valence-corrected chi connectivity index (χ0v) is 12.6. The lowest BCUT2D eigenvalue weighted by molar-refractivity contribution is -0.120. The number of imidazole rings is 1. The lowest BCUT2D eigenvalue weighted by atomic mass is 10.1. The van der Waals surface area contributed by atoms with Gasteiger partial charge in [0.05, 0.1) is 5.25 Å². The molecule has 0 aliphatic carbocycles. The number of carbonyl (C=O) groups is 1. The second-order valence-corrected chi connectivity index (χ2v) is 5.58. The van der Waals surface area contributed by atoms with Gasteiger partial charge in [0.1, 0.15) is 0 Å². The van der Waals surface area contributed by atoms with Gasteiger partial charge in [-0.05, 0) is 18.9 Å². The van der Waals surface area contributed by atoms with E-state index in [2.05, 4.69) is 17.2 Å². The van der Waals surface area contributed by atoms with E-state index in [1.807, 2.05) is 41.1 Å². The van der Waals surface area contributed by atoms with Gasteiger partial charge in [0.2, 0.25) is 5.91 Å². The van der Waals surface area contributed by atoms with Gasteiger partial charge in [-0.25, -0.2) is 4.98 Å². The highest BCUT2D eigenvalue weighted by Gasteiger charge is 2.21. The molecule has 5 heteroatoms. The number of hydrogen-bond donors (Lipinski definition) is 1. The van der Waals surface area contributed by atoms with Crippen molar-refractivity contribution < 1.29 is 4.79 Å². The first-order chi connectivity index (χ1) is 9.74. The van der Waals surface area contributed by atoms with Crippen LogP contribution in [-0.2, 0) is 17.8 Å². The second kappa shape index (κ2) is 7.14. The third kappa shape index (κ3) is 3.63. The molecule has 0 spiro atoms. The Morgan fingerprint density at radius 2 is 2.15 bits per heavy atom. The van der Waals surface area contributed by atoms with Gasteiger partial charge in [0.15, 0.2) is 5.16 Å². The van der Waals surface area contributed by atoms with Crippen molar-refractivity contribution in [3.8, 4) is 0 Å². The number of nitrogens with zero attached hydrogens (tertiary/aromatic N) is 2. The SMILES string of the molecule is CCn1ccnc1SC(Cc1ccccc1)C(=O)NC. The van der Waals surface area contributed by atoms with Crippen molar-refractivity contribution in [2.75, 3.05) is 7.05 Å². The highest BCUT2D eigenvalue weighted by atomic mass is 32.2. The van der Waals surface area contributed by atoms with Crippen molar-refractivity contribution in [1.82, 2.24) is 14.9 Å². The van der Waals surface area contributed by atoms with Crippen LogP contribution in [0.25, 0.3) is 0 Å². The number of aromatic nitrogens is 2. The van der Waals surface area contributed by atoms with Crippen molar-refractivity contribution >= 4 is 17.7 Å². The molecule has 2 rings (SSSR count). The van der Waals surface area contributed by atoms with Gasteiger partial charge in [-0.3, -0.25) is 4.79 Å². The Morgan fingerprint density at radius 3 is 2.80 bits per heavy atom. The summed E-state index contributed by atoms with van der Waals surface area (Å²) in [6.07, 6.45) is 4.41. The number of rotatable bonds is 6. The Hall–Kier alpha value is -1.75. The van der Waals surface area contributed by atoms with Crippen LogP contribution in [0.1, 0.15) is 12.5 Å². The summed E-state index contributed by atoms with van der Waals surface area (Å²) in [5.74, 6) is 0.0320. The molecule has 106 valence electrons. The van der Waals surface area contributed by atoms with E-state index >= 15 is 0 Å². The average molecular weight is 289 g/mol. The van der Waals surface area contributed by atoms with Gasteiger partial charge in [0.25, 0.3) is 0 Å². The molecular weight excluding hydrogens is 270 g/mol. The van der Waals surface area contributed by atoms with Crippen LogP contribution in [-0.4, -0.2) is 27.8 Å². The first-order valence-corrected chi connectivity index (χ1v) is 7.56. The Labute approximate surface area is 123 Å². The maximum Gasteiger partial charge on any atom is 0.233 e. The van der Waals surface area contributed by atoms with Crippen LogP contribution in [0.5, 0.6) is 0 Å². The van der Waals surface area contributed by atoms with Crippen molar-refractivity contribution in [3.05, 3.63) is 48.3 Å². The standard InChI is InChI=1S/C15H19N3OS/c1-3-18-10-9-17-15(18)20-13(14(19)16-2)11-12-7-5-4-6-8-12/h4-10,13H,3,11H2,1-2H3,(H,16,19). The summed E-state index contributed by atoms with van der Waals surface area (Å²) in [6.45, 7) is 2.92. The molecular formula is C15H19N3OS. The van der Waals surface area contributed by atoms with E-state index in [9.17, 15) is 4.79 Å². The molecule has 0 saturated heterocycles. The summed E-state index contributed by atoms with van der Waals surface area (Å²) in [6, 6.07) is 10.1. The van der Waals surface area contributed by atoms with Gasteiger partial charge in [-0.1, -0.05) is 42.1 Å². The van der Waals surface area contributed by atoms with Crippen molar-refractivity contribution in [1.29, 1.82) is 0 Å². The van der Waals surface area contributed by atoms with Gasteiger partial charge < -0.3 is 9.88 Å². The highest BCUT2D eigenvalue weighted by Crippen LogP contribution is 2.24. The molecule has 0 aliphatic rings. The molecule has 1 amide bonds. The predicted molar refractivity (Wildman–Crippen MR) is 81.8 cm³/mol. The molecule has 0 saturated carbocycles. The van der Waals surface area contributed by atoms with Crippen LogP contribution < -0.4 is 5.32 Å².